The molecule has 3 heteroatoms. The van der Waals surface area contributed by atoms with Crippen molar-refractivity contribution in [1.82, 2.24) is 0 Å². The van der Waals surface area contributed by atoms with Crippen molar-refractivity contribution < 1.29 is 8.85 Å². The van der Waals surface area contributed by atoms with Crippen molar-refractivity contribution in [1.29, 1.82) is 0 Å². The van der Waals surface area contributed by atoms with Gasteiger partial charge < -0.3 is 8.85 Å². The van der Waals surface area contributed by atoms with Gasteiger partial charge in [-0.3, -0.25) is 0 Å². The standard InChI is InChI=1S/C9H20O2Si/c1-5-9(6-2)12(10-7-3)11-8-4/h5,9,12H,1,6-8H2,2-4H3. The van der Waals surface area contributed by atoms with Crippen LogP contribution in [0.3, 0.4) is 0 Å². The van der Waals surface area contributed by atoms with Gasteiger partial charge in [0, 0.05) is 18.8 Å². The minimum Gasteiger partial charge on any atom is -0.396 e. The van der Waals surface area contributed by atoms with Gasteiger partial charge in [-0.05, 0) is 20.3 Å². The largest absolute Gasteiger partial charge is 0.396 e. The van der Waals surface area contributed by atoms with Gasteiger partial charge in [-0.2, -0.15) is 0 Å². The molecule has 0 saturated carbocycles. The molecule has 0 aromatic carbocycles. The molecule has 2 nitrogen and oxygen atoms in total. The number of hydrogen-bond donors (Lipinski definition) is 0. The van der Waals surface area contributed by atoms with E-state index < -0.39 is 9.28 Å². The van der Waals surface area contributed by atoms with E-state index >= 15 is 0 Å². The maximum absolute atomic E-state index is 5.57. The summed E-state index contributed by atoms with van der Waals surface area (Å²) in [6.07, 6.45) is 3.03. The molecule has 12 heavy (non-hydrogen) atoms. The summed E-state index contributed by atoms with van der Waals surface area (Å²) in [6, 6.07) is 0. The molecule has 0 aliphatic rings. The SMILES string of the molecule is C=CC(CC)[SiH](OCC)OCC. The Bertz CT molecular complexity index is 111. The lowest BCUT2D eigenvalue weighted by atomic mass is 10.3. The summed E-state index contributed by atoms with van der Waals surface area (Å²) < 4.78 is 11.1. The fourth-order valence-electron chi connectivity index (χ4n) is 1.09. The van der Waals surface area contributed by atoms with Gasteiger partial charge >= 0.3 is 9.28 Å². The molecule has 1 unspecified atom stereocenters. The minimum absolute atomic E-state index is 0.449. The van der Waals surface area contributed by atoms with Gasteiger partial charge in [0.2, 0.25) is 0 Å². The van der Waals surface area contributed by atoms with Crippen LogP contribution in [-0.4, -0.2) is 22.5 Å². The van der Waals surface area contributed by atoms with E-state index in [1.165, 1.54) is 0 Å². The van der Waals surface area contributed by atoms with Gasteiger partial charge in [0.05, 0.1) is 0 Å². The molecule has 0 fully saturated rings. The lowest BCUT2D eigenvalue weighted by Crippen LogP contribution is -2.27. The predicted molar refractivity (Wildman–Crippen MR) is 54.6 cm³/mol. The average Bonchev–Trinajstić information content (AvgIpc) is 2.07. The molecule has 0 aromatic heterocycles. The first-order valence-electron chi connectivity index (χ1n) is 4.65. The van der Waals surface area contributed by atoms with Crippen LogP contribution >= 0.6 is 0 Å². The minimum atomic E-state index is -1.47. The van der Waals surface area contributed by atoms with E-state index in [1.54, 1.807) is 0 Å². The zero-order chi connectivity index (χ0) is 9.40. The molecule has 0 aromatic rings. The van der Waals surface area contributed by atoms with Gasteiger partial charge in [0.1, 0.15) is 0 Å². The van der Waals surface area contributed by atoms with Gasteiger partial charge in [-0.1, -0.05) is 13.0 Å². The molecular formula is C9H20O2Si. The van der Waals surface area contributed by atoms with Crippen molar-refractivity contribution in [3.8, 4) is 0 Å². The Labute approximate surface area is 77.4 Å². The Morgan fingerprint density at radius 1 is 1.25 bits per heavy atom. The van der Waals surface area contributed by atoms with E-state index in [-0.39, 0.29) is 0 Å². The lowest BCUT2D eigenvalue weighted by Gasteiger charge is -2.20. The average molecular weight is 188 g/mol. The molecule has 0 radical (unpaired) electrons. The molecule has 0 bridgehead atoms. The second kappa shape index (κ2) is 7.52. The van der Waals surface area contributed by atoms with Crippen molar-refractivity contribution in [2.45, 2.75) is 32.7 Å². The molecule has 72 valence electrons. The summed E-state index contributed by atoms with van der Waals surface area (Å²) in [4.78, 5) is 0. The zero-order valence-corrected chi connectivity index (χ0v) is 9.53. The van der Waals surface area contributed by atoms with Crippen LogP contribution in [0.2, 0.25) is 5.54 Å². The first-order valence-corrected chi connectivity index (χ1v) is 6.26. The summed E-state index contributed by atoms with van der Waals surface area (Å²) >= 11 is 0. The predicted octanol–water partition coefficient (Wildman–Crippen LogP) is 2.25. The van der Waals surface area contributed by atoms with Crippen molar-refractivity contribution in [2.75, 3.05) is 13.2 Å². The van der Waals surface area contributed by atoms with Crippen molar-refractivity contribution in [3.63, 3.8) is 0 Å². The van der Waals surface area contributed by atoms with Crippen LogP contribution in [0.25, 0.3) is 0 Å². The van der Waals surface area contributed by atoms with E-state index in [2.05, 4.69) is 13.5 Å². The summed E-state index contributed by atoms with van der Waals surface area (Å²) in [7, 11) is -1.47. The molecule has 0 amide bonds. The van der Waals surface area contributed by atoms with E-state index in [0.29, 0.717) is 5.54 Å². The quantitative estimate of drug-likeness (QED) is 0.450. The fraction of sp³-hybridized carbons (Fsp3) is 0.778. The highest BCUT2D eigenvalue weighted by Gasteiger charge is 2.20. The Kier molecular flexibility index (Phi) is 7.44. The summed E-state index contributed by atoms with van der Waals surface area (Å²) in [6.45, 7) is 11.5. The molecule has 0 heterocycles. The first-order chi connectivity index (χ1) is 5.79. The van der Waals surface area contributed by atoms with Crippen molar-refractivity contribution in [3.05, 3.63) is 12.7 Å². The maximum Gasteiger partial charge on any atom is 0.328 e. The molecular weight excluding hydrogens is 168 g/mol. The second-order valence-corrected chi connectivity index (χ2v) is 4.85. The zero-order valence-electron chi connectivity index (χ0n) is 8.38. The van der Waals surface area contributed by atoms with Crippen LogP contribution in [0.1, 0.15) is 27.2 Å². The van der Waals surface area contributed by atoms with Crippen LogP contribution < -0.4 is 0 Å². The Hall–Kier alpha value is -0.123. The summed E-state index contributed by atoms with van der Waals surface area (Å²) in [5.74, 6) is 0. The van der Waals surface area contributed by atoms with Crippen molar-refractivity contribution >= 4 is 9.28 Å². The Morgan fingerprint density at radius 3 is 2.00 bits per heavy atom. The number of allylic oxidation sites excluding steroid dienone is 1. The van der Waals surface area contributed by atoms with E-state index in [4.69, 9.17) is 8.85 Å². The molecule has 0 saturated heterocycles. The lowest BCUT2D eigenvalue weighted by molar-refractivity contribution is 0.207. The van der Waals surface area contributed by atoms with Crippen LogP contribution in [-0.2, 0) is 8.85 Å². The Balaban J connectivity index is 3.94. The van der Waals surface area contributed by atoms with Gasteiger partial charge in [-0.15, -0.1) is 6.58 Å². The van der Waals surface area contributed by atoms with Crippen LogP contribution in [0.5, 0.6) is 0 Å². The van der Waals surface area contributed by atoms with Gasteiger partial charge in [0.25, 0.3) is 0 Å². The monoisotopic (exact) mass is 188 g/mol. The first kappa shape index (κ1) is 11.9. The number of rotatable bonds is 7. The third kappa shape index (κ3) is 4.04. The summed E-state index contributed by atoms with van der Waals surface area (Å²) in [5, 5.41) is 0. The van der Waals surface area contributed by atoms with E-state index in [1.807, 2.05) is 19.9 Å². The second-order valence-electron chi connectivity index (χ2n) is 2.59. The topological polar surface area (TPSA) is 18.5 Å². The molecule has 0 N–H and O–H groups in total. The summed E-state index contributed by atoms with van der Waals surface area (Å²) in [5.41, 5.74) is 0.449. The smallest absolute Gasteiger partial charge is 0.328 e. The highest BCUT2D eigenvalue weighted by molar-refractivity contribution is 6.47. The van der Waals surface area contributed by atoms with E-state index in [0.717, 1.165) is 19.6 Å². The third-order valence-electron chi connectivity index (χ3n) is 1.79. The molecule has 0 rings (SSSR count). The molecule has 0 aliphatic heterocycles. The maximum atomic E-state index is 5.57. The third-order valence-corrected chi connectivity index (χ3v) is 4.55. The van der Waals surface area contributed by atoms with Crippen molar-refractivity contribution in [2.24, 2.45) is 0 Å². The van der Waals surface area contributed by atoms with Gasteiger partial charge in [0.15, 0.2) is 0 Å². The molecule has 0 spiro atoms. The molecule has 1 atom stereocenters. The fourth-order valence-corrected chi connectivity index (χ4v) is 2.95. The van der Waals surface area contributed by atoms with E-state index in [9.17, 15) is 0 Å². The Morgan fingerprint density at radius 2 is 1.75 bits per heavy atom. The normalized spacial score (nSPS) is 13.3. The van der Waals surface area contributed by atoms with Crippen LogP contribution in [0.4, 0.5) is 0 Å². The van der Waals surface area contributed by atoms with Crippen LogP contribution in [0, 0.1) is 0 Å². The number of hydrogen-bond acceptors (Lipinski definition) is 2. The highest BCUT2D eigenvalue weighted by Crippen LogP contribution is 2.17. The highest BCUT2D eigenvalue weighted by atomic mass is 28.3. The van der Waals surface area contributed by atoms with Gasteiger partial charge in [-0.25, -0.2) is 0 Å². The van der Waals surface area contributed by atoms with Crippen LogP contribution in [0.15, 0.2) is 12.7 Å². The molecule has 0 aliphatic carbocycles.